The third-order valence-corrected chi connectivity index (χ3v) is 5.91. The van der Waals surface area contributed by atoms with E-state index in [1.165, 1.54) is 19.3 Å². The van der Waals surface area contributed by atoms with Crippen LogP contribution in [0.15, 0.2) is 0 Å². The van der Waals surface area contributed by atoms with E-state index in [2.05, 4.69) is 16.2 Å². The van der Waals surface area contributed by atoms with Crippen LogP contribution >= 0.6 is 0 Å². The Balaban J connectivity index is 1.56. The van der Waals surface area contributed by atoms with Gasteiger partial charge in [0.25, 0.3) is 5.91 Å². The topological polar surface area (TPSA) is 87.3 Å². The van der Waals surface area contributed by atoms with Crippen molar-refractivity contribution in [2.45, 2.75) is 64.8 Å². The molecule has 3 N–H and O–H groups in total. The number of carbonyl (C=O) groups is 3. The smallest absolute Gasteiger partial charge is 0.260 e. The molecule has 128 valence electrons. The Morgan fingerprint density at radius 1 is 1.00 bits per heavy atom. The van der Waals surface area contributed by atoms with Crippen LogP contribution in [0.1, 0.15) is 58.8 Å². The van der Waals surface area contributed by atoms with Gasteiger partial charge in [-0.15, -0.1) is 0 Å². The Kier molecular flexibility index (Phi) is 4.34. The summed E-state index contributed by atoms with van der Waals surface area (Å²) in [7, 11) is 0. The second-order valence-electron chi connectivity index (χ2n) is 7.78. The number of rotatable bonds is 4. The molecule has 6 nitrogen and oxygen atoms in total. The van der Waals surface area contributed by atoms with Crippen LogP contribution in [0.2, 0.25) is 0 Å². The van der Waals surface area contributed by atoms with Gasteiger partial charge >= 0.3 is 0 Å². The van der Waals surface area contributed by atoms with Crippen molar-refractivity contribution in [3.63, 3.8) is 0 Å². The fourth-order valence-corrected chi connectivity index (χ4v) is 5.13. The average molecular weight is 321 g/mol. The fourth-order valence-electron chi connectivity index (χ4n) is 5.13. The molecular formula is C17H27N3O3. The zero-order valence-corrected chi connectivity index (χ0v) is 14.0. The van der Waals surface area contributed by atoms with Crippen molar-refractivity contribution in [3.05, 3.63) is 0 Å². The van der Waals surface area contributed by atoms with E-state index >= 15 is 0 Å². The summed E-state index contributed by atoms with van der Waals surface area (Å²) in [6.07, 6.45) is 7.08. The van der Waals surface area contributed by atoms with Crippen molar-refractivity contribution in [2.24, 2.45) is 23.2 Å². The first kappa shape index (κ1) is 16.3. The first-order valence-corrected chi connectivity index (χ1v) is 8.81. The van der Waals surface area contributed by atoms with Crippen molar-refractivity contribution in [2.75, 3.05) is 0 Å². The molecule has 0 heterocycles. The van der Waals surface area contributed by atoms with Gasteiger partial charge in [-0.3, -0.25) is 25.2 Å². The predicted octanol–water partition coefficient (Wildman–Crippen LogP) is 1.26. The normalized spacial score (nSPS) is 35.5. The largest absolute Gasteiger partial charge is 0.344 e. The highest BCUT2D eigenvalue weighted by Gasteiger charge is 2.54. The van der Waals surface area contributed by atoms with Gasteiger partial charge < -0.3 is 5.32 Å². The molecule has 1 atom stereocenters. The van der Waals surface area contributed by atoms with Gasteiger partial charge in [0.15, 0.2) is 0 Å². The Hall–Kier alpha value is -1.59. The molecule has 0 saturated heterocycles. The van der Waals surface area contributed by atoms with Gasteiger partial charge in [-0.1, -0.05) is 6.92 Å². The van der Waals surface area contributed by atoms with Gasteiger partial charge in [0.2, 0.25) is 11.8 Å². The summed E-state index contributed by atoms with van der Waals surface area (Å²) in [6, 6.07) is -0.646. The summed E-state index contributed by atoms with van der Waals surface area (Å²) >= 11 is 0. The Morgan fingerprint density at radius 2 is 1.52 bits per heavy atom. The van der Waals surface area contributed by atoms with Gasteiger partial charge in [-0.2, -0.15) is 0 Å². The van der Waals surface area contributed by atoms with Crippen LogP contribution in [0.5, 0.6) is 0 Å². The van der Waals surface area contributed by atoms with E-state index in [-0.39, 0.29) is 23.1 Å². The van der Waals surface area contributed by atoms with E-state index in [4.69, 9.17) is 0 Å². The van der Waals surface area contributed by atoms with Gasteiger partial charge in [0.05, 0.1) is 0 Å². The molecule has 0 aromatic heterocycles. The van der Waals surface area contributed by atoms with Gasteiger partial charge in [-0.05, 0) is 63.2 Å². The molecule has 4 rings (SSSR count). The van der Waals surface area contributed by atoms with Gasteiger partial charge in [-0.25, -0.2) is 0 Å². The van der Waals surface area contributed by atoms with Crippen molar-refractivity contribution < 1.29 is 14.4 Å². The molecule has 0 aliphatic heterocycles. The third-order valence-electron chi connectivity index (χ3n) is 5.91. The second-order valence-corrected chi connectivity index (χ2v) is 7.78. The van der Waals surface area contributed by atoms with E-state index in [1.807, 2.05) is 0 Å². The molecule has 4 aliphatic rings. The van der Waals surface area contributed by atoms with Gasteiger partial charge in [0, 0.05) is 11.8 Å². The molecule has 4 saturated carbocycles. The van der Waals surface area contributed by atoms with Crippen LogP contribution in [-0.4, -0.2) is 23.8 Å². The molecule has 0 spiro atoms. The lowest BCUT2D eigenvalue weighted by atomic mass is 9.49. The number of hydrogen-bond acceptors (Lipinski definition) is 3. The highest BCUT2D eigenvalue weighted by Crippen LogP contribution is 2.60. The lowest BCUT2D eigenvalue weighted by Gasteiger charge is -2.55. The zero-order chi connectivity index (χ0) is 16.6. The molecule has 23 heavy (non-hydrogen) atoms. The van der Waals surface area contributed by atoms with Gasteiger partial charge in [0.1, 0.15) is 6.04 Å². The van der Waals surface area contributed by atoms with Crippen LogP contribution in [-0.2, 0) is 14.4 Å². The predicted molar refractivity (Wildman–Crippen MR) is 84.8 cm³/mol. The van der Waals surface area contributed by atoms with Crippen LogP contribution in [0.25, 0.3) is 0 Å². The number of hydrazine groups is 1. The van der Waals surface area contributed by atoms with Crippen LogP contribution < -0.4 is 16.2 Å². The highest BCUT2D eigenvalue weighted by atomic mass is 16.2. The molecule has 4 bridgehead atoms. The number of hydrogen-bond donors (Lipinski definition) is 3. The van der Waals surface area contributed by atoms with E-state index in [1.54, 1.807) is 13.8 Å². The molecule has 0 aromatic rings. The average Bonchev–Trinajstić information content (AvgIpc) is 2.50. The van der Waals surface area contributed by atoms with Crippen molar-refractivity contribution in [1.29, 1.82) is 0 Å². The Bertz CT molecular complexity index is 482. The minimum Gasteiger partial charge on any atom is -0.344 e. The first-order chi connectivity index (χ1) is 10.9. The summed E-state index contributed by atoms with van der Waals surface area (Å²) in [6.45, 7) is 3.37. The molecule has 4 fully saturated rings. The number of amides is 3. The minimum atomic E-state index is -0.646. The molecule has 3 amide bonds. The molecule has 0 aromatic carbocycles. The summed E-state index contributed by atoms with van der Waals surface area (Å²) in [4.78, 5) is 36.0. The molecule has 4 aliphatic carbocycles. The zero-order valence-electron chi connectivity index (χ0n) is 14.0. The quantitative estimate of drug-likeness (QED) is 0.681. The van der Waals surface area contributed by atoms with Crippen molar-refractivity contribution in [3.8, 4) is 0 Å². The number of carbonyl (C=O) groups excluding carboxylic acids is 3. The minimum absolute atomic E-state index is 0.0288. The molecular weight excluding hydrogens is 294 g/mol. The van der Waals surface area contributed by atoms with Crippen LogP contribution in [0.4, 0.5) is 0 Å². The summed E-state index contributed by atoms with van der Waals surface area (Å²) in [5.41, 5.74) is 4.44. The Labute approximate surface area is 137 Å². The maximum atomic E-state index is 12.8. The van der Waals surface area contributed by atoms with E-state index < -0.39 is 6.04 Å². The summed E-state index contributed by atoms with van der Waals surface area (Å²) in [5, 5.41) is 2.88. The summed E-state index contributed by atoms with van der Waals surface area (Å²) < 4.78 is 0. The molecule has 0 unspecified atom stereocenters. The lowest BCUT2D eigenvalue weighted by Crippen LogP contribution is -2.57. The molecule has 0 radical (unpaired) electrons. The van der Waals surface area contributed by atoms with E-state index in [0.29, 0.717) is 24.2 Å². The summed E-state index contributed by atoms with van der Waals surface area (Å²) in [5.74, 6) is 1.48. The maximum absolute atomic E-state index is 12.8. The van der Waals surface area contributed by atoms with Crippen molar-refractivity contribution >= 4 is 17.7 Å². The molecule has 6 heteroatoms. The van der Waals surface area contributed by atoms with E-state index in [9.17, 15) is 14.4 Å². The Morgan fingerprint density at radius 3 is 2.00 bits per heavy atom. The first-order valence-electron chi connectivity index (χ1n) is 8.81. The fraction of sp³-hybridized carbons (Fsp3) is 0.824. The number of nitrogens with one attached hydrogen (secondary N) is 3. The lowest BCUT2D eigenvalue weighted by molar-refractivity contribution is -0.148. The SMILES string of the molecule is CCC(=O)NNC(=O)[C@@H](C)NC(=O)C12CC3CC(CC(C3)C1)C2. The van der Waals surface area contributed by atoms with Crippen molar-refractivity contribution in [1.82, 2.24) is 16.2 Å². The third kappa shape index (κ3) is 3.21. The standard InChI is InChI=1S/C17H27N3O3/c1-3-14(21)19-20-15(22)10(2)18-16(23)17-7-11-4-12(8-17)6-13(5-11)9-17/h10-13H,3-9H2,1-2H3,(H,18,23)(H,19,21)(H,20,22)/t10-,11?,12?,13?,17?/m1/s1. The van der Waals surface area contributed by atoms with E-state index in [0.717, 1.165) is 19.3 Å². The highest BCUT2D eigenvalue weighted by molar-refractivity contribution is 5.91. The second kappa shape index (κ2) is 6.13. The monoisotopic (exact) mass is 321 g/mol. The van der Waals surface area contributed by atoms with Crippen LogP contribution in [0, 0.1) is 23.2 Å². The maximum Gasteiger partial charge on any atom is 0.260 e. The van der Waals surface area contributed by atoms with Crippen LogP contribution in [0.3, 0.4) is 0 Å².